The van der Waals surface area contributed by atoms with E-state index in [2.05, 4.69) is 25.3 Å². The van der Waals surface area contributed by atoms with Crippen molar-refractivity contribution in [1.29, 1.82) is 0 Å². The monoisotopic (exact) mass is 382 g/mol. The summed E-state index contributed by atoms with van der Waals surface area (Å²) in [5, 5.41) is 6.43. The third-order valence-electron chi connectivity index (χ3n) is 3.93. The molecule has 1 unspecified atom stereocenters. The van der Waals surface area contributed by atoms with Crippen LogP contribution in [0.1, 0.15) is 19.8 Å². The maximum atomic E-state index is 12.1. The second-order valence-corrected chi connectivity index (χ2v) is 7.77. The molecule has 10 heteroatoms. The standard InChI is InChI=1S/C16H26N6O3S/c1-3-18-16(21-13-6-7-15(23)22(2)12-13)19-9-10-20-26(24,25)14-5-4-8-17-11-14/h4-5,8,11,13,20H,3,6-7,9-10,12H2,1-2H3,(H2,18,19,21). The fourth-order valence-corrected chi connectivity index (χ4v) is 3.56. The number of sulfonamides is 1. The Morgan fingerprint density at radius 3 is 2.92 bits per heavy atom. The molecule has 0 aromatic carbocycles. The number of hydrogen-bond acceptors (Lipinski definition) is 5. The Morgan fingerprint density at radius 1 is 1.46 bits per heavy atom. The summed E-state index contributed by atoms with van der Waals surface area (Å²) < 4.78 is 26.7. The van der Waals surface area contributed by atoms with Gasteiger partial charge in [0.1, 0.15) is 4.90 Å². The van der Waals surface area contributed by atoms with Crippen LogP contribution in [0.4, 0.5) is 0 Å². The molecule has 1 aromatic rings. The van der Waals surface area contributed by atoms with Crippen LogP contribution in [0.3, 0.4) is 0 Å². The van der Waals surface area contributed by atoms with Crippen molar-refractivity contribution in [3.05, 3.63) is 24.5 Å². The van der Waals surface area contributed by atoms with Gasteiger partial charge in [-0.2, -0.15) is 0 Å². The first-order chi connectivity index (χ1) is 12.4. The van der Waals surface area contributed by atoms with Crippen LogP contribution in [0.5, 0.6) is 0 Å². The van der Waals surface area contributed by atoms with Crippen LogP contribution in [0.15, 0.2) is 34.4 Å². The molecule has 0 spiro atoms. The van der Waals surface area contributed by atoms with Crippen LogP contribution in [0.2, 0.25) is 0 Å². The number of carbonyl (C=O) groups is 1. The molecule has 1 amide bonds. The molecule has 2 rings (SSSR count). The molecular formula is C16H26N6O3S. The molecule has 0 aliphatic carbocycles. The summed E-state index contributed by atoms with van der Waals surface area (Å²) in [6.07, 6.45) is 4.09. The summed E-state index contributed by atoms with van der Waals surface area (Å²) in [5.74, 6) is 0.760. The predicted molar refractivity (Wildman–Crippen MR) is 99.2 cm³/mol. The van der Waals surface area contributed by atoms with Gasteiger partial charge in [0.25, 0.3) is 0 Å². The van der Waals surface area contributed by atoms with Crippen molar-refractivity contribution in [3.63, 3.8) is 0 Å². The fraction of sp³-hybridized carbons (Fsp3) is 0.562. The average Bonchev–Trinajstić information content (AvgIpc) is 2.63. The van der Waals surface area contributed by atoms with Gasteiger partial charge < -0.3 is 15.5 Å². The number of nitrogens with zero attached hydrogens (tertiary/aromatic N) is 3. The number of nitrogens with one attached hydrogen (secondary N) is 3. The minimum absolute atomic E-state index is 0.127. The molecule has 0 saturated carbocycles. The van der Waals surface area contributed by atoms with E-state index in [1.54, 1.807) is 18.0 Å². The van der Waals surface area contributed by atoms with E-state index in [1.807, 2.05) is 6.92 Å². The molecule has 26 heavy (non-hydrogen) atoms. The average molecular weight is 382 g/mol. The van der Waals surface area contributed by atoms with Gasteiger partial charge in [-0.3, -0.25) is 14.8 Å². The summed E-state index contributed by atoms with van der Waals surface area (Å²) in [4.78, 5) is 21.6. The highest BCUT2D eigenvalue weighted by Crippen LogP contribution is 2.09. The molecule has 1 aromatic heterocycles. The molecule has 1 fully saturated rings. The fourth-order valence-electron chi connectivity index (χ4n) is 2.58. The van der Waals surface area contributed by atoms with Crippen molar-refractivity contribution < 1.29 is 13.2 Å². The molecule has 1 aliphatic heterocycles. The van der Waals surface area contributed by atoms with Gasteiger partial charge in [-0.1, -0.05) is 0 Å². The van der Waals surface area contributed by atoms with Crippen LogP contribution < -0.4 is 15.4 Å². The van der Waals surface area contributed by atoms with Gasteiger partial charge in [0.15, 0.2) is 5.96 Å². The summed E-state index contributed by atoms with van der Waals surface area (Å²) in [7, 11) is -1.79. The number of pyridine rings is 1. The van der Waals surface area contributed by atoms with Gasteiger partial charge >= 0.3 is 0 Å². The molecule has 1 saturated heterocycles. The zero-order valence-electron chi connectivity index (χ0n) is 15.1. The van der Waals surface area contributed by atoms with E-state index >= 15 is 0 Å². The van der Waals surface area contributed by atoms with Crippen molar-refractivity contribution in [2.75, 3.05) is 33.2 Å². The number of carbonyl (C=O) groups excluding carboxylic acids is 1. The molecule has 0 radical (unpaired) electrons. The number of aliphatic imine (C=N–C) groups is 1. The third kappa shape index (κ3) is 5.95. The lowest BCUT2D eigenvalue weighted by Crippen LogP contribution is -2.51. The maximum Gasteiger partial charge on any atom is 0.242 e. The van der Waals surface area contributed by atoms with Gasteiger partial charge in [0.2, 0.25) is 15.9 Å². The highest BCUT2D eigenvalue weighted by molar-refractivity contribution is 7.89. The lowest BCUT2D eigenvalue weighted by Gasteiger charge is -2.31. The first-order valence-corrected chi connectivity index (χ1v) is 10.1. The Balaban J connectivity index is 1.86. The van der Waals surface area contributed by atoms with Gasteiger partial charge in [0, 0.05) is 51.5 Å². The number of hydrogen-bond donors (Lipinski definition) is 3. The number of aromatic nitrogens is 1. The second kappa shape index (κ2) is 9.48. The molecule has 1 atom stereocenters. The Kier molecular flexibility index (Phi) is 7.34. The molecule has 144 valence electrons. The van der Waals surface area contributed by atoms with E-state index in [0.29, 0.717) is 25.5 Å². The maximum absolute atomic E-state index is 12.1. The lowest BCUT2D eigenvalue weighted by atomic mass is 10.1. The van der Waals surface area contributed by atoms with E-state index < -0.39 is 10.0 Å². The minimum atomic E-state index is -3.58. The number of likely N-dealkylation sites (tertiary alicyclic amines) is 1. The predicted octanol–water partition coefficient (Wildman–Crippen LogP) is -0.464. The molecule has 0 bridgehead atoms. The largest absolute Gasteiger partial charge is 0.357 e. The van der Waals surface area contributed by atoms with Gasteiger partial charge in [-0.05, 0) is 25.5 Å². The highest BCUT2D eigenvalue weighted by atomic mass is 32.2. The first kappa shape index (κ1) is 20.1. The Hall–Kier alpha value is -2.20. The van der Waals surface area contributed by atoms with E-state index in [-0.39, 0.29) is 29.9 Å². The molecule has 3 N–H and O–H groups in total. The summed E-state index contributed by atoms with van der Waals surface area (Å²) in [6.45, 7) is 3.73. The van der Waals surface area contributed by atoms with Crippen LogP contribution in [0.25, 0.3) is 0 Å². The summed E-state index contributed by atoms with van der Waals surface area (Å²) in [5.41, 5.74) is 0. The number of piperidine rings is 1. The van der Waals surface area contributed by atoms with E-state index in [9.17, 15) is 13.2 Å². The normalized spacial score (nSPS) is 18.7. The van der Waals surface area contributed by atoms with Crippen molar-refractivity contribution in [3.8, 4) is 0 Å². The molecule has 9 nitrogen and oxygen atoms in total. The number of rotatable bonds is 7. The van der Waals surface area contributed by atoms with E-state index in [0.717, 1.165) is 6.42 Å². The van der Waals surface area contributed by atoms with Crippen molar-refractivity contribution >= 4 is 21.9 Å². The Bertz CT molecular complexity index is 723. The SMILES string of the molecule is CCNC(=NCCNS(=O)(=O)c1cccnc1)NC1CCC(=O)N(C)C1. The van der Waals surface area contributed by atoms with Crippen LogP contribution in [-0.4, -0.2) is 69.4 Å². The smallest absolute Gasteiger partial charge is 0.242 e. The number of likely N-dealkylation sites (N-methyl/N-ethyl adjacent to an activating group) is 1. The summed E-state index contributed by atoms with van der Waals surface area (Å²) in [6, 6.07) is 3.19. The van der Waals surface area contributed by atoms with Gasteiger partial charge in [-0.15, -0.1) is 0 Å². The second-order valence-electron chi connectivity index (χ2n) is 6.00. The topological polar surface area (TPSA) is 116 Å². The van der Waals surface area contributed by atoms with Crippen molar-refractivity contribution in [2.45, 2.75) is 30.7 Å². The van der Waals surface area contributed by atoms with Gasteiger partial charge in [-0.25, -0.2) is 13.1 Å². The van der Waals surface area contributed by atoms with E-state index in [1.165, 1.54) is 18.5 Å². The van der Waals surface area contributed by atoms with E-state index in [4.69, 9.17) is 0 Å². The van der Waals surface area contributed by atoms with Crippen LogP contribution in [-0.2, 0) is 14.8 Å². The number of guanidine groups is 1. The first-order valence-electron chi connectivity index (χ1n) is 8.61. The highest BCUT2D eigenvalue weighted by Gasteiger charge is 2.23. The Labute approximate surface area is 154 Å². The molecule has 1 aliphatic rings. The minimum Gasteiger partial charge on any atom is -0.357 e. The molecular weight excluding hydrogens is 356 g/mol. The van der Waals surface area contributed by atoms with Gasteiger partial charge in [0.05, 0.1) is 6.54 Å². The zero-order valence-corrected chi connectivity index (χ0v) is 15.9. The van der Waals surface area contributed by atoms with Crippen LogP contribution in [0, 0.1) is 0 Å². The molecule has 2 heterocycles. The van der Waals surface area contributed by atoms with Crippen molar-refractivity contribution in [1.82, 2.24) is 25.2 Å². The zero-order chi connectivity index (χ0) is 19.0. The van der Waals surface area contributed by atoms with Crippen LogP contribution >= 0.6 is 0 Å². The summed E-state index contributed by atoms with van der Waals surface area (Å²) >= 11 is 0. The third-order valence-corrected chi connectivity index (χ3v) is 5.38. The Morgan fingerprint density at radius 2 is 2.27 bits per heavy atom. The lowest BCUT2D eigenvalue weighted by molar-refractivity contribution is -0.132. The van der Waals surface area contributed by atoms with Crippen molar-refractivity contribution in [2.24, 2.45) is 4.99 Å². The quantitative estimate of drug-likeness (QED) is 0.334. The number of amides is 1.